The standard InChI is InChI=1S/C29H33FN6O2/c1-2-19-17-21(37)3-4-22(19)23-5-6-24-27(26(23)30)33-34-28(24)29-31-18-25(32-29)20-7-9-35(10-8-20)11-12-36-13-15-38-16-14-36/h3-7,17-18,37H,2,8-16H2,1H3,(H,31,32)(H,33,34). The molecule has 2 aliphatic rings. The van der Waals surface area contributed by atoms with Gasteiger partial charge >= 0.3 is 0 Å². The highest BCUT2D eigenvalue weighted by Gasteiger charge is 2.21. The highest BCUT2D eigenvalue weighted by atomic mass is 19.1. The number of phenols is 1. The van der Waals surface area contributed by atoms with Crippen molar-refractivity contribution in [2.75, 3.05) is 52.5 Å². The molecule has 0 atom stereocenters. The summed E-state index contributed by atoms with van der Waals surface area (Å²) in [6, 6.07) is 8.69. The van der Waals surface area contributed by atoms with Crippen LogP contribution in [0.25, 0.3) is 39.1 Å². The number of halogens is 1. The molecule has 4 heterocycles. The number of hydrogen-bond acceptors (Lipinski definition) is 6. The zero-order chi connectivity index (χ0) is 26.1. The zero-order valence-corrected chi connectivity index (χ0v) is 21.6. The Morgan fingerprint density at radius 2 is 1.87 bits per heavy atom. The number of benzene rings is 2. The third-order valence-electron chi connectivity index (χ3n) is 7.71. The maximum atomic E-state index is 15.6. The van der Waals surface area contributed by atoms with Gasteiger partial charge in [-0.05, 0) is 47.7 Å². The molecule has 0 radical (unpaired) electrons. The molecule has 38 heavy (non-hydrogen) atoms. The van der Waals surface area contributed by atoms with Crippen LogP contribution in [0.15, 0.2) is 42.6 Å². The summed E-state index contributed by atoms with van der Waals surface area (Å²) < 4.78 is 21.1. The Morgan fingerprint density at radius 3 is 2.66 bits per heavy atom. The van der Waals surface area contributed by atoms with Crippen LogP contribution in [0.5, 0.6) is 5.75 Å². The summed E-state index contributed by atoms with van der Waals surface area (Å²) in [5, 5.41) is 17.8. The summed E-state index contributed by atoms with van der Waals surface area (Å²) in [5.74, 6) is 0.435. The number of rotatable bonds is 7. The van der Waals surface area contributed by atoms with Crippen LogP contribution in [-0.4, -0.2) is 87.6 Å². The zero-order valence-electron chi connectivity index (χ0n) is 21.6. The van der Waals surface area contributed by atoms with Gasteiger partial charge in [-0.1, -0.05) is 25.1 Å². The number of imidazole rings is 1. The molecular weight excluding hydrogens is 483 g/mol. The first-order valence-electron chi connectivity index (χ1n) is 13.4. The van der Waals surface area contributed by atoms with E-state index in [4.69, 9.17) is 4.74 Å². The van der Waals surface area contributed by atoms with E-state index in [1.165, 1.54) is 5.57 Å². The Balaban J connectivity index is 1.19. The van der Waals surface area contributed by atoms with Gasteiger partial charge in [-0.15, -0.1) is 0 Å². The van der Waals surface area contributed by atoms with Crippen LogP contribution >= 0.6 is 0 Å². The van der Waals surface area contributed by atoms with E-state index in [0.717, 1.165) is 75.7 Å². The van der Waals surface area contributed by atoms with Gasteiger partial charge in [-0.25, -0.2) is 9.37 Å². The Kier molecular flexibility index (Phi) is 6.97. The fourth-order valence-corrected chi connectivity index (χ4v) is 5.45. The average Bonchev–Trinajstić information content (AvgIpc) is 3.61. The van der Waals surface area contributed by atoms with E-state index in [9.17, 15) is 5.11 Å². The van der Waals surface area contributed by atoms with E-state index >= 15 is 4.39 Å². The molecule has 0 saturated carbocycles. The summed E-state index contributed by atoms with van der Waals surface area (Å²) in [5.41, 5.74) is 5.30. The SMILES string of the molecule is CCc1cc(O)ccc1-c1ccc2c(-c3ncc(C4=CCN(CCN5CCOCC5)CC4)[nH]3)[nH]nc2c1F. The van der Waals surface area contributed by atoms with Crippen molar-refractivity contribution in [1.29, 1.82) is 0 Å². The maximum absolute atomic E-state index is 15.6. The number of aromatic hydroxyl groups is 1. The smallest absolute Gasteiger partial charge is 0.159 e. The van der Waals surface area contributed by atoms with E-state index in [1.807, 2.05) is 19.2 Å². The predicted octanol–water partition coefficient (Wildman–Crippen LogP) is 4.45. The van der Waals surface area contributed by atoms with E-state index in [1.54, 1.807) is 24.3 Å². The lowest BCUT2D eigenvalue weighted by molar-refractivity contribution is 0.0338. The molecule has 2 aromatic carbocycles. The summed E-state index contributed by atoms with van der Waals surface area (Å²) in [7, 11) is 0. The quantitative estimate of drug-likeness (QED) is 0.336. The average molecular weight is 517 g/mol. The second-order valence-corrected chi connectivity index (χ2v) is 10.00. The van der Waals surface area contributed by atoms with Gasteiger partial charge in [0.25, 0.3) is 0 Å². The van der Waals surface area contributed by atoms with Gasteiger partial charge in [0.05, 0.1) is 25.1 Å². The molecule has 0 amide bonds. The molecule has 6 rings (SSSR count). The number of aromatic nitrogens is 4. The minimum Gasteiger partial charge on any atom is -0.508 e. The molecule has 0 spiro atoms. The molecule has 4 aromatic rings. The minimum absolute atomic E-state index is 0.177. The molecule has 0 bridgehead atoms. The third kappa shape index (κ3) is 4.84. The molecule has 1 saturated heterocycles. The van der Waals surface area contributed by atoms with Crippen LogP contribution in [0.1, 0.15) is 24.6 Å². The van der Waals surface area contributed by atoms with Gasteiger partial charge in [0.2, 0.25) is 0 Å². The summed E-state index contributed by atoms with van der Waals surface area (Å²) >= 11 is 0. The number of hydrogen-bond donors (Lipinski definition) is 3. The van der Waals surface area contributed by atoms with Crippen molar-refractivity contribution in [3.63, 3.8) is 0 Å². The van der Waals surface area contributed by atoms with Gasteiger partial charge in [0.15, 0.2) is 11.6 Å². The van der Waals surface area contributed by atoms with E-state index in [-0.39, 0.29) is 17.1 Å². The van der Waals surface area contributed by atoms with Crippen molar-refractivity contribution in [1.82, 2.24) is 30.0 Å². The molecule has 2 aromatic heterocycles. The first-order chi connectivity index (χ1) is 18.6. The van der Waals surface area contributed by atoms with Gasteiger partial charge < -0.3 is 14.8 Å². The maximum Gasteiger partial charge on any atom is 0.159 e. The molecule has 1 fully saturated rings. The number of ether oxygens (including phenoxy) is 1. The molecular formula is C29H33FN6O2. The molecule has 198 valence electrons. The van der Waals surface area contributed by atoms with E-state index in [2.05, 4.69) is 36.0 Å². The van der Waals surface area contributed by atoms with Crippen molar-refractivity contribution < 1.29 is 14.2 Å². The van der Waals surface area contributed by atoms with Gasteiger partial charge in [-0.3, -0.25) is 14.9 Å². The lowest BCUT2D eigenvalue weighted by Gasteiger charge is -2.31. The second-order valence-electron chi connectivity index (χ2n) is 10.00. The highest BCUT2D eigenvalue weighted by molar-refractivity contribution is 5.94. The normalized spacial score (nSPS) is 17.3. The second kappa shape index (κ2) is 10.7. The van der Waals surface area contributed by atoms with Crippen molar-refractivity contribution >= 4 is 16.5 Å². The Morgan fingerprint density at radius 1 is 1.05 bits per heavy atom. The summed E-state index contributed by atoms with van der Waals surface area (Å²) in [6.45, 7) is 9.79. The Bertz CT molecular complexity index is 1470. The van der Waals surface area contributed by atoms with Crippen molar-refractivity contribution in [3.8, 4) is 28.4 Å². The minimum atomic E-state index is -0.385. The molecule has 8 nitrogen and oxygen atoms in total. The van der Waals surface area contributed by atoms with Crippen LogP contribution < -0.4 is 0 Å². The summed E-state index contributed by atoms with van der Waals surface area (Å²) in [6.07, 6.45) is 5.77. The number of H-pyrrole nitrogens is 2. The number of nitrogens with zero attached hydrogens (tertiary/aromatic N) is 4. The molecule has 0 aliphatic carbocycles. The number of aromatic amines is 2. The van der Waals surface area contributed by atoms with E-state index in [0.29, 0.717) is 28.9 Å². The largest absolute Gasteiger partial charge is 0.508 e. The van der Waals surface area contributed by atoms with Crippen LogP contribution in [-0.2, 0) is 11.2 Å². The van der Waals surface area contributed by atoms with Gasteiger partial charge in [0, 0.05) is 50.2 Å². The first-order valence-corrected chi connectivity index (χ1v) is 13.4. The monoisotopic (exact) mass is 516 g/mol. The van der Waals surface area contributed by atoms with E-state index < -0.39 is 0 Å². The number of fused-ring (bicyclic) bond motifs is 1. The topological polar surface area (TPSA) is 93.3 Å². The van der Waals surface area contributed by atoms with Crippen molar-refractivity contribution in [3.05, 3.63) is 59.7 Å². The number of nitrogens with one attached hydrogen (secondary N) is 2. The van der Waals surface area contributed by atoms with Gasteiger partial charge in [-0.2, -0.15) is 5.10 Å². The first kappa shape index (κ1) is 24.8. The molecule has 0 unspecified atom stereocenters. The fraction of sp³-hybridized carbons (Fsp3) is 0.379. The van der Waals surface area contributed by atoms with Crippen molar-refractivity contribution in [2.45, 2.75) is 19.8 Å². The lowest BCUT2D eigenvalue weighted by Crippen LogP contribution is -2.42. The molecule has 2 aliphatic heterocycles. The van der Waals surface area contributed by atoms with Crippen LogP contribution in [0, 0.1) is 5.82 Å². The number of phenolic OH excluding ortho intramolecular Hbond substituents is 1. The van der Waals surface area contributed by atoms with Crippen molar-refractivity contribution in [2.24, 2.45) is 0 Å². The number of aryl methyl sites for hydroxylation is 1. The summed E-state index contributed by atoms with van der Waals surface area (Å²) in [4.78, 5) is 13.0. The highest BCUT2D eigenvalue weighted by Crippen LogP contribution is 2.35. The predicted molar refractivity (Wildman–Crippen MR) is 146 cm³/mol. The fourth-order valence-electron chi connectivity index (χ4n) is 5.45. The van der Waals surface area contributed by atoms with Gasteiger partial charge in [0.1, 0.15) is 17.0 Å². The molecule has 9 heteroatoms. The lowest BCUT2D eigenvalue weighted by atomic mass is 9.96. The van der Waals surface area contributed by atoms with Crippen LogP contribution in [0.3, 0.4) is 0 Å². The van der Waals surface area contributed by atoms with Crippen LogP contribution in [0.4, 0.5) is 4.39 Å². The third-order valence-corrected chi connectivity index (χ3v) is 7.71. The molecule has 3 N–H and O–H groups in total. The Labute approximate surface area is 221 Å². The Hall–Kier alpha value is -3.53. The number of morpholine rings is 1. The van der Waals surface area contributed by atoms with Crippen LogP contribution in [0.2, 0.25) is 0 Å².